The number of aliphatic imine (C=N–C) groups is 1. The minimum atomic E-state index is 0.539. The molecule has 1 heteroatoms. The van der Waals surface area contributed by atoms with E-state index in [9.17, 15) is 0 Å². The van der Waals surface area contributed by atoms with Gasteiger partial charge in [0.15, 0.2) is 0 Å². The van der Waals surface area contributed by atoms with Crippen molar-refractivity contribution >= 4 is 6.21 Å². The molecule has 0 heterocycles. The van der Waals surface area contributed by atoms with Gasteiger partial charge < -0.3 is 0 Å². The highest BCUT2D eigenvalue weighted by Crippen LogP contribution is 2.22. The summed E-state index contributed by atoms with van der Waals surface area (Å²) in [5, 5.41) is 0. The zero-order valence-corrected chi connectivity index (χ0v) is 12.9. The van der Waals surface area contributed by atoms with Gasteiger partial charge in [0.05, 0.1) is 0 Å². The lowest BCUT2D eigenvalue weighted by Gasteiger charge is -2.16. The van der Waals surface area contributed by atoms with E-state index in [2.05, 4.69) is 59.7 Å². The van der Waals surface area contributed by atoms with E-state index in [1.807, 2.05) is 0 Å². The highest BCUT2D eigenvalue weighted by atomic mass is 14.7. The van der Waals surface area contributed by atoms with Crippen molar-refractivity contribution in [3.63, 3.8) is 0 Å². The SMILES string of the molecule is CC/C(C)=C(\CCC(C)C(C)C)N=CC(C)C. The molecular weight excluding hydrogens is 206 g/mol. The number of allylic oxidation sites excluding steroid dienone is 2. The Morgan fingerprint density at radius 1 is 1.12 bits per heavy atom. The molecule has 0 bridgehead atoms. The maximum absolute atomic E-state index is 4.68. The van der Waals surface area contributed by atoms with Crippen LogP contribution in [-0.2, 0) is 0 Å². The fraction of sp³-hybridized carbons (Fsp3) is 0.812. The van der Waals surface area contributed by atoms with Crippen molar-refractivity contribution in [3.8, 4) is 0 Å². The molecule has 1 unspecified atom stereocenters. The van der Waals surface area contributed by atoms with Gasteiger partial charge in [-0.15, -0.1) is 0 Å². The molecule has 0 aliphatic heterocycles. The summed E-state index contributed by atoms with van der Waals surface area (Å²) in [6.07, 6.45) is 5.57. The van der Waals surface area contributed by atoms with Crippen molar-refractivity contribution in [1.82, 2.24) is 0 Å². The van der Waals surface area contributed by atoms with E-state index >= 15 is 0 Å². The quantitative estimate of drug-likeness (QED) is 0.521. The summed E-state index contributed by atoms with van der Waals surface area (Å²) in [6, 6.07) is 0. The average Bonchev–Trinajstić information content (AvgIpc) is 2.27. The summed E-state index contributed by atoms with van der Waals surface area (Å²) in [5.41, 5.74) is 2.76. The van der Waals surface area contributed by atoms with Crippen LogP contribution in [0.15, 0.2) is 16.3 Å². The van der Waals surface area contributed by atoms with Crippen LogP contribution in [0, 0.1) is 17.8 Å². The van der Waals surface area contributed by atoms with Gasteiger partial charge in [-0.2, -0.15) is 0 Å². The number of hydrogen-bond acceptors (Lipinski definition) is 1. The van der Waals surface area contributed by atoms with E-state index in [1.54, 1.807) is 0 Å². The predicted molar refractivity (Wildman–Crippen MR) is 79.6 cm³/mol. The summed E-state index contributed by atoms with van der Waals surface area (Å²) >= 11 is 0. The maximum atomic E-state index is 4.68. The summed E-state index contributed by atoms with van der Waals surface area (Å²) < 4.78 is 0. The van der Waals surface area contributed by atoms with E-state index < -0.39 is 0 Å². The molecule has 0 N–H and O–H groups in total. The zero-order valence-electron chi connectivity index (χ0n) is 12.9. The first kappa shape index (κ1) is 16.4. The van der Waals surface area contributed by atoms with Gasteiger partial charge in [-0.3, -0.25) is 4.99 Å². The second kappa shape index (κ2) is 8.49. The van der Waals surface area contributed by atoms with Crippen LogP contribution < -0.4 is 0 Å². The normalized spacial score (nSPS) is 15.8. The summed E-state index contributed by atoms with van der Waals surface area (Å²) in [5.74, 6) is 2.09. The Bertz CT molecular complexity index is 259. The van der Waals surface area contributed by atoms with E-state index in [0.29, 0.717) is 5.92 Å². The van der Waals surface area contributed by atoms with Crippen molar-refractivity contribution in [1.29, 1.82) is 0 Å². The largest absolute Gasteiger partial charge is 0.265 e. The standard InChI is InChI=1S/C16H31N/c1-8-14(6)16(17-11-12(2)3)10-9-15(7)13(4)5/h11-13,15H,8-10H2,1-7H3/b16-14+,17-11?. The van der Waals surface area contributed by atoms with E-state index in [4.69, 9.17) is 0 Å². The van der Waals surface area contributed by atoms with Crippen LogP contribution in [0.5, 0.6) is 0 Å². The molecule has 0 aromatic carbocycles. The summed E-state index contributed by atoms with van der Waals surface area (Å²) in [4.78, 5) is 4.68. The van der Waals surface area contributed by atoms with Crippen LogP contribution in [0.2, 0.25) is 0 Å². The third kappa shape index (κ3) is 7.36. The number of hydrogen-bond donors (Lipinski definition) is 0. The molecule has 0 aromatic heterocycles. The lowest BCUT2D eigenvalue weighted by Crippen LogP contribution is -2.04. The van der Waals surface area contributed by atoms with Gasteiger partial charge in [0.25, 0.3) is 0 Å². The Balaban J connectivity index is 4.53. The fourth-order valence-electron chi connectivity index (χ4n) is 1.53. The van der Waals surface area contributed by atoms with Crippen molar-refractivity contribution in [3.05, 3.63) is 11.3 Å². The minimum absolute atomic E-state index is 0.539. The maximum Gasteiger partial charge on any atom is 0.0389 e. The molecule has 0 amide bonds. The highest BCUT2D eigenvalue weighted by Gasteiger charge is 2.09. The number of rotatable bonds is 7. The van der Waals surface area contributed by atoms with Crippen LogP contribution in [0.1, 0.15) is 67.7 Å². The van der Waals surface area contributed by atoms with E-state index in [-0.39, 0.29) is 0 Å². The van der Waals surface area contributed by atoms with E-state index in [1.165, 1.54) is 17.7 Å². The molecule has 0 spiro atoms. The first-order chi connectivity index (χ1) is 7.88. The molecule has 1 atom stereocenters. The Labute approximate surface area is 108 Å². The molecule has 0 fully saturated rings. The topological polar surface area (TPSA) is 12.4 Å². The van der Waals surface area contributed by atoms with Gasteiger partial charge in [-0.25, -0.2) is 0 Å². The molecule has 100 valence electrons. The smallest absolute Gasteiger partial charge is 0.0389 e. The zero-order chi connectivity index (χ0) is 13.4. The third-order valence-corrected chi connectivity index (χ3v) is 3.53. The van der Waals surface area contributed by atoms with Gasteiger partial charge in [0.2, 0.25) is 0 Å². The monoisotopic (exact) mass is 237 g/mol. The van der Waals surface area contributed by atoms with Crippen LogP contribution in [-0.4, -0.2) is 6.21 Å². The molecule has 0 radical (unpaired) electrons. The lowest BCUT2D eigenvalue weighted by molar-refractivity contribution is 0.391. The predicted octanol–water partition coefficient (Wildman–Crippen LogP) is 5.47. The lowest BCUT2D eigenvalue weighted by atomic mass is 9.92. The second-order valence-electron chi connectivity index (χ2n) is 5.86. The Kier molecular flexibility index (Phi) is 8.20. The van der Waals surface area contributed by atoms with Gasteiger partial charge in [-0.05, 0) is 43.9 Å². The van der Waals surface area contributed by atoms with E-state index in [0.717, 1.165) is 24.7 Å². The first-order valence-electron chi connectivity index (χ1n) is 7.11. The van der Waals surface area contributed by atoms with Crippen molar-refractivity contribution in [2.45, 2.75) is 67.7 Å². The van der Waals surface area contributed by atoms with Crippen LogP contribution in [0.3, 0.4) is 0 Å². The van der Waals surface area contributed by atoms with Crippen molar-refractivity contribution in [2.75, 3.05) is 0 Å². The molecule has 0 aliphatic rings. The highest BCUT2D eigenvalue weighted by molar-refractivity contribution is 5.61. The van der Waals surface area contributed by atoms with Crippen molar-refractivity contribution < 1.29 is 0 Å². The molecule has 0 saturated carbocycles. The summed E-state index contributed by atoms with van der Waals surface area (Å²) in [7, 11) is 0. The van der Waals surface area contributed by atoms with Crippen molar-refractivity contribution in [2.24, 2.45) is 22.7 Å². The molecule has 17 heavy (non-hydrogen) atoms. The molecule has 0 aromatic rings. The Morgan fingerprint density at radius 3 is 2.12 bits per heavy atom. The first-order valence-corrected chi connectivity index (χ1v) is 7.11. The summed E-state index contributed by atoms with van der Waals surface area (Å²) in [6.45, 7) is 15.7. The average molecular weight is 237 g/mol. The van der Waals surface area contributed by atoms with Gasteiger partial charge in [-0.1, -0.05) is 47.1 Å². The Hall–Kier alpha value is -0.590. The van der Waals surface area contributed by atoms with Gasteiger partial charge >= 0.3 is 0 Å². The number of nitrogens with zero attached hydrogens (tertiary/aromatic N) is 1. The van der Waals surface area contributed by atoms with Crippen LogP contribution in [0.25, 0.3) is 0 Å². The van der Waals surface area contributed by atoms with Gasteiger partial charge in [0.1, 0.15) is 0 Å². The second-order valence-corrected chi connectivity index (χ2v) is 5.86. The van der Waals surface area contributed by atoms with Gasteiger partial charge in [0, 0.05) is 11.9 Å². The molecular formula is C16H31N. The van der Waals surface area contributed by atoms with Crippen LogP contribution in [0.4, 0.5) is 0 Å². The molecule has 0 rings (SSSR count). The molecule has 0 aliphatic carbocycles. The Morgan fingerprint density at radius 2 is 1.71 bits per heavy atom. The fourth-order valence-corrected chi connectivity index (χ4v) is 1.53. The van der Waals surface area contributed by atoms with Crippen LogP contribution >= 0.6 is 0 Å². The molecule has 0 saturated heterocycles. The minimum Gasteiger partial charge on any atom is -0.265 e. The molecule has 1 nitrogen and oxygen atoms in total. The third-order valence-electron chi connectivity index (χ3n) is 3.53.